The monoisotopic (exact) mass is 448 g/mol. The van der Waals surface area contributed by atoms with E-state index in [0.717, 1.165) is 43.8 Å². The molecule has 2 heterocycles. The molecule has 0 spiro atoms. The smallest absolute Gasteiger partial charge is 0.290 e. The minimum absolute atomic E-state index is 0.136. The molecule has 1 atom stereocenters. The van der Waals surface area contributed by atoms with Crippen LogP contribution in [0.3, 0.4) is 0 Å². The number of carbonyl (C=O) groups is 1. The van der Waals surface area contributed by atoms with Crippen LogP contribution in [-0.4, -0.2) is 48.5 Å². The molecule has 0 aliphatic carbocycles. The molecule has 174 valence electrons. The largest absolute Gasteiger partial charge is 0.494 e. The second-order valence-corrected chi connectivity index (χ2v) is 8.37. The standard InChI is InChI=1S/C27H32N2O4/c1-4-18-32-20-14-12-19(13-15-20)24-23-25(30)21-10-7-8-11-22(21)33-26(23)27(31)29(24)17-9-16-28(5-2)6-3/h7-8,10-15,24H,4-6,9,16-18H2,1-3H3/t24-/m0/s1. The van der Waals surface area contributed by atoms with Crippen LogP contribution in [0.5, 0.6) is 5.75 Å². The zero-order valence-corrected chi connectivity index (χ0v) is 19.7. The van der Waals surface area contributed by atoms with Crippen LogP contribution in [0.1, 0.15) is 61.3 Å². The van der Waals surface area contributed by atoms with E-state index in [4.69, 9.17) is 9.15 Å². The van der Waals surface area contributed by atoms with Gasteiger partial charge >= 0.3 is 0 Å². The van der Waals surface area contributed by atoms with Crippen molar-refractivity contribution < 1.29 is 13.9 Å². The first kappa shape index (κ1) is 23.1. The quantitative estimate of drug-likeness (QED) is 0.443. The van der Waals surface area contributed by atoms with Gasteiger partial charge in [0.1, 0.15) is 11.3 Å². The summed E-state index contributed by atoms with van der Waals surface area (Å²) in [5, 5.41) is 0.502. The fourth-order valence-electron chi connectivity index (χ4n) is 4.52. The molecule has 4 rings (SSSR count). The number of carbonyl (C=O) groups excluding carboxylic acids is 1. The Morgan fingerprint density at radius 3 is 2.42 bits per heavy atom. The maximum Gasteiger partial charge on any atom is 0.290 e. The summed E-state index contributed by atoms with van der Waals surface area (Å²) in [5.74, 6) is 0.727. The van der Waals surface area contributed by atoms with Crippen molar-refractivity contribution in [2.75, 3.05) is 32.8 Å². The van der Waals surface area contributed by atoms with Gasteiger partial charge in [0.15, 0.2) is 5.43 Å². The van der Waals surface area contributed by atoms with E-state index >= 15 is 0 Å². The molecule has 0 N–H and O–H groups in total. The molecule has 6 heteroatoms. The van der Waals surface area contributed by atoms with Gasteiger partial charge in [0, 0.05) is 6.54 Å². The van der Waals surface area contributed by atoms with E-state index in [0.29, 0.717) is 29.7 Å². The Labute approximate surface area is 194 Å². The summed E-state index contributed by atoms with van der Waals surface area (Å²) in [6.45, 7) is 10.4. The molecule has 6 nitrogen and oxygen atoms in total. The predicted molar refractivity (Wildman–Crippen MR) is 130 cm³/mol. The molecule has 2 aromatic carbocycles. The third-order valence-electron chi connectivity index (χ3n) is 6.31. The molecule has 1 aliphatic rings. The molecule has 0 unspecified atom stereocenters. The Morgan fingerprint density at radius 1 is 1.00 bits per heavy atom. The summed E-state index contributed by atoms with van der Waals surface area (Å²) < 4.78 is 11.7. The number of hydrogen-bond donors (Lipinski definition) is 0. The second-order valence-electron chi connectivity index (χ2n) is 8.37. The van der Waals surface area contributed by atoms with Crippen LogP contribution >= 0.6 is 0 Å². The molecule has 0 bridgehead atoms. The molecule has 1 aliphatic heterocycles. The summed E-state index contributed by atoms with van der Waals surface area (Å²) in [5.41, 5.74) is 1.63. The maximum absolute atomic E-state index is 13.5. The Balaban J connectivity index is 1.73. The average molecular weight is 449 g/mol. The molecule has 33 heavy (non-hydrogen) atoms. The van der Waals surface area contributed by atoms with Gasteiger partial charge in [-0.3, -0.25) is 9.59 Å². The lowest BCUT2D eigenvalue weighted by atomic mass is 9.98. The Bertz CT molecular complexity index is 1160. The van der Waals surface area contributed by atoms with Crippen molar-refractivity contribution >= 4 is 16.9 Å². The fourth-order valence-corrected chi connectivity index (χ4v) is 4.52. The molecule has 0 fully saturated rings. The van der Waals surface area contributed by atoms with E-state index in [1.807, 2.05) is 36.4 Å². The molecule has 3 aromatic rings. The van der Waals surface area contributed by atoms with Crippen LogP contribution in [-0.2, 0) is 0 Å². The SMILES string of the molecule is CCCOc1ccc([C@H]2c3c(oc4ccccc4c3=O)C(=O)N2CCCN(CC)CC)cc1. The summed E-state index contributed by atoms with van der Waals surface area (Å²) in [7, 11) is 0. The van der Waals surface area contributed by atoms with Crippen molar-refractivity contribution in [2.45, 2.75) is 39.7 Å². The lowest BCUT2D eigenvalue weighted by Gasteiger charge is -2.26. The highest BCUT2D eigenvalue weighted by molar-refractivity contribution is 5.99. The number of nitrogens with zero attached hydrogens (tertiary/aromatic N) is 2. The first-order valence-electron chi connectivity index (χ1n) is 11.9. The molecule has 0 saturated carbocycles. The van der Waals surface area contributed by atoms with Gasteiger partial charge in [-0.2, -0.15) is 0 Å². The number of para-hydroxylation sites is 1. The van der Waals surface area contributed by atoms with Crippen molar-refractivity contribution in [3.05, 3.63) is 75.6 Å². The Kier molecular flexibility index (Phi) is 7.14. The van der Waals surface area contributed by atoms with Crippen molar-refractivity contribution in [3.8, 4) is 5.75 Å². The van der Waals surface area contributed by atoms with Gasteiger partial charge in [0.2, 0.25) is 5.76 Å². The van der Waals surface area contributed by atoms with Gasteiger partial charge in [-0.15, -0.1) is 0 Å². The highest BCUT2D eigenvalue weighted by Crippen LogP contribution is 2.38. The summed E-state index contributed by atoms with van der Waals surface area (Å²) in [4.78, 5) is 31.1. The number of hydrogen-bond acceptors (Lipinski definition) is 5. The first-order chi connectivity index (χ1) is 16.1. The molecule has 1 amide bonds. The summed E-state index contributed by atoms with van der Waals surface area (Å²) in [6, 6.07) is 14.4. The number of amides is 1. The normalized spacial score (nSPS) is 15.5. The van der Waals surface area contributed by atoms with Crippen LogP contribution in [0, 0.1) is 0 Å². The van der Waals surface area contributed by atoms with Crippen molar-refractivity contribution in [2.24, 2.45) is 0 Å². The van der Waals surface area contributed by atoms with Crippen LogP contribution < -0.4 is 10.2 Å². The van der Waals surface area contributed by atoms with Gasteiger partial charge in [-0.25, -0.2) is 0 Å². The van der Waals surface area contributed by atoms with E-state index in [1.165, 1.54) is 0 Å². The lowest BCUT2D eigenvalue weighted by molar-refractivity contribution is 0.0720. The maximum atomic E-state index is 13.5. The Morgan fingerprint density at radius 2 is 1.73 bits per heavy atom. The zero-order chi connectivity index (χ0) is 23.4. The summed E-state index contributed by atoms with van der Waals surface area (Å²) >= 11 is 0. The minimum atomic E-state index is -0.467. The van der Waals surface area contributed by atoms with Crippen molar-refractivity contribution in [3.63, 3.8) is 0 Å². The van der Waals surface area contributed by atoms with Gasteiger partial charge in [-0.1, -0.05) is 45.0 Å². The molecule has 0 saturated heterocycles. The van der Waals surface area contributed by atoms with Crippen LogP contribution in [0.15, 0.2) is 57.7 Å². The number of rotatable bonds is 10. The third kappa shape index (κ3) is 4.53. The zero-order valence-electron chi connectivity index (χ0n) is 19.7. The highest BCUT2D eigenvalue weighted by atomic mass is 16.5. The number of benzene rings is 2. The molecule has 1 aromatic heterocycles. The van der Waals surface area contributed by atoms with Gasteiger partial charge in [0.25, 0.3) is 5.91 Å². The average Bonchev–Trinajstić information content (AvgIpc) is 3.12. The van der Waals surface area contributed by atoms with Crippen LogP contribution in [0.4, 0.5) is 0 Å². The number of fused-ring (bicyclic) bond motifs is 2. The van der Waals surface area contributed by atoms with Crippen LogP contribution in [0.2, 0.25) is 0 Å². The van der Waals surface area contributed by atoms with E-state index < -0.39 is 6.04 Å². The second kappa shape index (κ2) is 10.2. The molecule has 0 radical (unpaired) electrons. The molecular formula is C27H32N2O4. The van der Waals surface area contributed by atoms with Crippen molar-refractivity contribution in [1.29, 1.82) is 0 Å². The van der Waals surface area contributed by atoms with E-state index in [-0.39, 0.29) is 17.1 Å². The highest BCUT2D eigenvalue weighted by Gasteiger charge is 2.42. The first-order valence-corrected chi connectivity index (χ1v) is 11.9. The van der Waals surface area contributed by atoms with E-state index in [2.05, 4.69) is 25.7 Å². The number of ether oxygens (including phenoxy) is 1. The van der Waals surface area contributed by atoms with E-state index in [1.54, 1.807) is 17.0 Å². The van der Waals surface area contributed by atoms with Crippen molar-refractivity contribution in [1.82, 2.24) is 9.80 Å². The van der Waals surface area contributed by atoms with E-state index in [9.17, 15) is 9.59 Å². The predicted octanol–water partition coefficient (Wildman–Crippen LogP) is 4.86. The van der Waals surface area contributed by atoms with Gasteiger partial charge in [-0.05, 0) is 62.3 Å². The Hall–Kier alpha value is -3.12. The van der Waals surface area contributed by atoms with Gasteiger partial charge in [0.05, 0.1) is 23.6 Å². The topological polar surface area (TPSA) is 63.0 Å². The fraction of sp³-hybridized carbons (Fsp3) is 0.407. The molecular weight excluding hydrogens is 416 g/mol. The third-order valence-corrected chi connectivity index (χ3v) is 6.31. The lowest BCUT2D eigenvalue weighted by Crippen LogP contribution is -2.33. The minimum Gasteiger partial charge on any atom is -0.494 e. The summed E-state index contributed by atoms with van der Waals surface area (Å²) in [6.07, 6.45) is 1.75. The van der Waals surface area contributed by atoms with Crippen LogP contribution in [0.25, 0.3) is 11.0 Å². The van der Waals surface area contributed by atoms with Gasteiger partial charge < -0.3 is 19.0 Å².